The van der Waals surface area contributed by atoms with Crippen LogP contribution in [0.15, 0.2) is 60.8 Å². The molecule has 8 aliphatic rings. The van der Waals surface area contributed by atoms with Crippen LogP contribution in [0.2, 0.25) is 0 Å². The Morgan fingerprint density at radius 3 is 1.84 bits per heavy atom. The van der Waals surface area contributed by atoms with Gasteiger partial charge in [-0.25, -0.2) is 0 Å². The average molecular weight is 559 g/mol. The minimum Gasteiger partial charge on any atom is -0.306 e. The summed E-state index contributed by atoms with van der Waals surface area (Å²) < 4.78 is 2.68. The minimum atomic E-state index is 0.669. The smallest absolute Gasteiger partial charge is 0.0728 e. The molecule has 8 bridgehead atoms. The highest BCUT2D eigenvalue weighted by molar-refractivity contribution is 6.26. The Morgan fingerprint density at radius 1 is 0.535 bits per heavy atom. The van der Waals surface area contributed by atoms with Gasteiger partial charge in [0.05, 0.1) is 22.7 Å². The first-order valence-corrected chi connectivity index (χ1v) is 17.5. The number of nitrogens with zero attached hydrogens (tertiary/aromatic N) is 2. The van der Waals surface area contributed by atoms with E-state index in [-0.39, 0.29) is 0 Å². The molecule has 0 radical (unpaired) electrons. The first kappa shape index (κ1) is 23.1. The monoisotopic (exact) mass is 558 g/mol. The van der Waals surface area contributed by atoms with Gasteiger partial charge in [0.1, 0.15) is 0 Å². The molecule has 14 rings (SSSR count). The van der Waals surface area contributed by atoms with Crippen molar-refractivity contribution in [1.29, 1.82) is 0 Å². The second kappa shape index (κ2) is 7.81. The van der Waals surface area contributed by atoms with E-state index in [1.54, 1.807) is 27.5 Å². The number of hydrogen-bond donors (Lipinski definition) is 0. The van der Waals surface area contributed by atoms with Crippen molar-refractivity contribution >= 4 is 38.1 Å². The maximum absolute atomic E-state index is 5.44. The summed E-state index contributed by atoms with van der Waals surface area (Å²) >= 11 is 0. The second-order valence-corrected chi connectivity index (χ2v) is 16.0. The van der Waals surface area contributed by atoms with Crippen LogP contribution in [0.5, 0.6) is 0 Å². The summed E-state index contributed by atoms with van der Waals surface area (Å²) in [5.74, 6) is 6.54. The van der Waals surface area contributed by atoms with E-state index in [1.807, 2.05) is 0 Å². The molecule has 4 saturated carbocycles. The van der Waals surface area contributed by atoms with Crippen LogP contribution in [0.1, 0.15) is 110 Å². The zero-order valence-electron chi connectivity index (χ0n) is 24.9. The topological polar surface area (TPSA) is 17.3 Å². The molecule has 4 atom stereocenters. The molecule has 0 N–H and O–H groups in total. The van der Waals surface area contributed by atoms with Crippen LogP contribution in [0.3, 0.4) is 0 Å². The highest BCUT2D eigenvalue weighted by atomic mass is 14.9. The first-order valence-electron chi connectivity index (χ1n) is 17.5. The van der Waals surface area contributed by atoms with Crippen LogP contribution < -0.4 is 0 Å². The van der Waals surface area contributed by atoms with E-state index in [4.69, 9.17) is 4.98 Å². The van der Waals surface area contributed by atoms with Crippen LogP contribution in [0.25, 0.3) is 49.2 Å². The highest BCUT2D eigenvalue weighted by Gasteiger charge is 2.45. The lowest BCUT2D eigenvalue weighted by Crippen LogP contribution is -2.25. The van der Waals surface area contributed by atoms with E-state index >= 15 is 0 Å². The lowest BCUT2D eigenvalue weighted by molar-refractivity contribution is 0.165. The molecule has 2 nitrogen and oxygen atoms in total. The lowest BCUT2D eigenvalue weighted by atomic mass is 9.67. The number of aromatic nitrogens is 2. The van der Waals surface area contributed by atoms with Gasteiger partial charge < -0.3 is 4.40 Å². The van der Waals surface area contributed by atoms with Gasteiger partial charge in [-0.15, -0.1) is 0 Å². The van der Waals surface area contributed by atoms with Crippen LogP contribution in [0.4, 0.5) is 0 Å². The lowest BCUT2D eigenvalue weighted by Gasteiger charge is -2.38. The normalized spacial score (nSPS) is 33.6. The Hall–Kier alpha value is -3.39. The van der Waals surface area contributed by atoms with Gasteiger partial charge in [-0.05, 0) is 152 Å². The molecule has 3 heterocycles. The largest absolute Gasteiger partial charge is 0.306 e. The Balaban J connectivity index is 1.25. The maximum atomic E-state index is 5.44. The van der Waals surface area contributed by atoms with Gasteiger partial charge in [0.15, 0.2) is 0 Å². The molecular weight excluding hydrogens is 520 g/mol. The van der Waals surface area contributed by atoms with Gasteiger partial charge in [0.25, 0.3) is 0 Å². The number of fused-ring (bicyclic) bond motifs is 6. The van der Waals surface area contributed by atoms with Crippen molar-refractivity contribution in [2.24, 2.45) is 23.7 Å². The standard InChI is InChI=1S/C41H38N2/c1-2-4-25(5-3-1)26-18-32-38-34(7-6-31-27-10-21-8-22(11-27)13-28(12-21)36(31)38)43-35-20-42-40-30-16-23-9-24(17-30)15-29(14-23)37(40)39(35)33(19-26)41(32)43/h1-7,18-24,27-30H,8-17H2. The highest BCUT2D eigenvalue weighted by Crippen LogP contribution is 2.60. The SMILES string of the molecule is c1ccc(-c2cc3c4c5c(ccc4n4c6cnc7c(c6c(c2)c34)C2CC3CC(CC7C3)C2)C2CC3CC(C2)CC5C3)cc1. The molecule has 2 heteroatoms. The van der Waals surface area contributed by atoms with E-state index in [0.717, 1.165) is 35.5 Å². The fraction of sp³-hybridized carbons (Fsp3) is 0.439. The van der Waals surface area contributed by atoms with Crippen molar-refractivity contribution in [3.8, 4) is 11.1 Å². The Morgan fingerprint density at radius 2 is 1.14 bits per heavy atom. The van der Waals surface area contributed by atoms with Crippen molar-refractivity contribution < 1.29 is 0 Å². The predicted molar refractivity (Wildman–Crippen MR) is 175 cm³/mol. The molecule has 8 aliphatic carbocycles. The molecule has 0 spiro atoms. The van der Waals surface area contributed by atoms with Crippen LogP contribution in [0, 0.1) is 23.7 Å². The molecule has 3 aromatic heterocycles. The van der Waals surface area contributed by atoms with Gasteiger partial charge in [0.2, 0.25) is 0 Å². The molecule has 0 aliphatic heterocycles. The fourth-order valence-corrected chi connectivity index (χ4v) is 12.7. The van der Waals surface area contributed by atoms with Crippen molar-refractivity contribution in [1.82, 2.24) is 9.38 Å². The van der Waals surface area contributed by atoms with Crippen molar-refractivity contribution in [3.63, 3.8) is 0 Å². The van der Waals surface area contributed by atoms with E-state index in [2.05, 4.69) is 65.2 Å². The van der Waals surface area contributed by atoms with Gasteiger partial charge in [-0.2, -0.15) is 0 Å². The van der Waals surface area contributed by atoms with Gasteiger partial charge in [-0.1, -0.05) is 36.4 Å². The molecule has 0 saturated heterocycles. The Bertz CT molecular complexity index is 1990. The summed E-state index contributed by atoms with van der Waals surface area (Å²) in [4.78, 5) is 5.44. The molecule has 212 valence electrons. The first-order chi connectivity index (χ1) is 21.2. The van der Waals surface area contributed by atoms with E-state index in [1.165, 1.54) is 108 Å². The van der Waals surface area contributed by atoms with Gasteiger partial charge in [-0.3, -0.25) is 4.98 Å². The zero-order valence-corrected chi connectivity index (χ0v) is 24.9. The van der Waals surface area contributed by atoms with Crippen molar-refractivity contribution in [2.45, 2.75) is 87.9 Å². The molecule has 4 unspecified atom stereocenters. The van der Waals surface area contributed by atoms with Crippen LogP contribution >= 0.6 is 0 Å². The number of benzene rings is 3. The number of rotatable bonds is 1. The number of hydrogen-bond acceptors (Lipinski definition) is 1. The molecule has 0 amide bonds. The van der Waals surface area contributed by atoms with Crippen molar-refractivity contribution in [3.05, 3.63) is 83.2 Å². The summed E-state index contributed by atoms with van der Waals surface area (Å²) in [6, 6.07) is 21.5. The quantitative estimate of drug-likeness (QED) is 0.196. The molecule has 3 aromatic carbocycles. The third-order valence-electron chi connectivity index (χ3n) is 13.8. The Labute approximate surface area is 252 Å². The third kappa shape index (κ3) is 2.86. The minimum absolute atomic E-state index is 0.669. The molecule has 4 fully saturated rings. The van der Waals surface area contributed by atoms with E-state index < -0.39 is 0 Å². The van der Waals surface area contributed by atoms with Crippen LogP contribution in [-0.4, -0.2) is 9.38 Å². The zero-order chi connectivity index (χ0) is 27.6. The summed E-state index contributed by atoms with van der Waals surface area (Å²) in [5, 5.41) is 6.15. The molecule has 6 aromatic rings. The molecular formula is C41H38N2. The van der Waals surface area contributed by atoms with Gasteiger partial charge >= 0.3 is 0 Å². The molecule has 43 heavy (non-hydrogen) atoms. The summed E-state index contributed by atoms with van der Waals surface area (Å²) in [6.07, 6.45) is 16.4. The summed E-state index contributed by atoms with van der Waals surface area (Å²) in [6.45, 7) is 0. The number of pyridine rings is 1. The van der Waals surface area contributed by atoms with E-state index in [0.29, 0.717) is 11.8 Å². The summed E-state index contributed by atoms with van der Waals surface area (Å²) in [5.41, 5.74) is 13.6. The second-order valence-electron chi connectivity index (χ2n) is 16.0. The Kier molecular flexibility index (Phi) is 4.19. The third-order valence-corrected chi connectivity index (χ3v) is 13.8. The van der Waals surface area contributed by atoms with Crippen molar-refractivity contribution in [2.75, 3.05) is 0 Å². The van der Waals surface area contributed by atoms with Gasteiger partial charge in [0, 0.05) is 33.2 Å². The fourth-order valence-electron chi connectivity index (χ4n) is 12.7. The maximum Gasteiger partial charge on any atom is 0.0728 e. The van der Waals surface area contributed by atoms with Crippen LogP contribution in [-0.2, 0) is 0 Å². The average Bonchev–Trinajstić information content (AvgIpc) is 3.40. The predicted octanol–water partition coefficient (Wildman–Crippen LogP) is 10.7. The summed E-state index contributed by atoms with van der Waals surface area (Å²) in [7, 11) is 0. The van der Waals surface area contributed by atoms with E-state index in [9.17, 15) is 0 Å².